The molecule has 0 aromatic rings. The molecule has 1 aliphatic carbocycles. The summed E-state index contributed by atoms with van der Waals surface area (Å²) < 4.78 is 76.5. The largest absolute Gasteiger partial charge is 0.460 e. The van der Waals surface area contributed by atoms with Gasteiger partial charge in [-0.05, 0) is 130 Å². The van der Waals surface area contributed by atoms with E-state index in [1.165, 1.54) is 6.92 Å². The molecule has 86 heavy (non-hydrogen) atoms. The number of rotatable bonds is 18. The summed E-state index contributed by atoms with van der Waals surface area (Å²) in [5.41, 5.74) is 1.87. The normalized spacial score (nSPS) is 26.4. The number of amides is 5. The molecule has 29 nitrogen and oxygen atoms in total. The molecule has 1 saturated carbocycles. The van der Waals surface area contributed by atoms with Gasteiger partial charge in [0.05, 0.1) is 30.3 Å². The molecule has 6 unspecified atom stereocenters. The predicted octanol–water partition coefficient (Wildman–Crippen LogP) is 4.91. The predicted molar refractivity (Wildman–Crippen MR) is 304 cm³/mol. The molecule has 2 aliphatic heterocycles. The van der Waals surface area contributed by atoms with Gasteiger partial charge in [0.25, 0.3) is 5.91 Å². The number of hydrogen-bond acceptors (Lipinski definition) is 24. The molecule has 0 aromatic heterocycles. The molecule has 14 atom stereocenters. The fourth-order valence-electron chi connectivity index (χ4n) is 9.05. The molecule has 29 heteroatoms. The summed E-state index contributed by atoms with van der Waals surface area (Å²) in [6.07, 6.45) is -18.4. The third-order valence-electron chi connectivity index (χ3n) is 11.7. The maximum atomic E-state index is 14.7. The minimum Gasteiger partial charge on any atom is -0.460 e. The van der Waals surface area contributed by atoms with Gasteiger partial charge in [0.1, 0.15) is 46.3 Å². The van der Waals surface area contributed by atoms with Crippen molar-refractivity contribution in [2.45, 2.75) is 291 Å². The molecule has 0 bridgehead atoms. The summed E-state index contributed by atoms with van der Waals surface area (Å²) in [5.74, 6) is -4.74. The van der Waals surface area contributed by atoms with Crippen molar-refractivity contribution in [3.8, 4) is 0 Å². The van der Waals surface area contributed by atoms with E-state index in [1.807, 2.05) is 20.8 Å². The van der Waals surface area contributed by atoms with E-state index in [1.54, 1.807) is 90.0 Å². The number of esters is 5. The smallest absolute Gasteiger partial charge is 0.408 e. The van der Waals surface area contributed by atoms with Crippen molar-refractivity contribution in [2.24, 2.45) is 5.73 Å². The molecule has 3 aliphatic rings. The Labute approximate surface area is 504 Å². The fraction of sp³-hybridized carbons (Fsp3) is 0.825. The van der Waals surface area contributed by atoms with Gasteiger partial charge < -0.3 is 93.9 Å². The topological polar surface area (TPSA) is 377 Å². The lowest BCUT2D eigenvalue weighted by molar-refractivity contribution is -0.317. The Kier molecular flexibility index (Phi) is 28.7. The molecule has 2 heterocycles. The molecular weight excluding hydrogens is 1140 g/mol. The minimum atomic E-state index is -1.81. The van der Waals surface area contributed by atoms with Crippen molar-refractivity contribution in [1.29, 1.82) is 0 Å². The SMILES string of the molecule is CC(=O)OC(C)(C)C.CCC1O[C@H](O[C@@H]2C(OC(C)=O)C(O[C@H]3OC(CN)CCC3NC(=O)OC(C)(C)C)[C@H](NC(=O)OC(C)(C)C)C[C@H]2NC(=O)[C@H](CCNC(=O)OC(C)(C)C)OC(C)=O)C(OC(C)=O)[C@@H](NC(=O)OC(C)(C)C)[C@H]1OC(C)=O. The van der Waals surface area contributed by atoms with Crippen LogP contribution in [0.1, 0.15) is 178 Å². The number of nitrogens with one attached hydrogen (secondary N) is 5. The van der Waals surface area contributed by atoms with Gasteiger partial charge in [-0.2, -0.15) is 0 Å². The van der Waals surface area contributed by atoms with Crippen LogP contribution in [0.3, 0.4) is 0 Å². The number of alkyl carbamates (subject to hydrolysis) is 4. The number of carbonyl (C=O) groups is 10. The van der Waals surface area contributed by atoms with Crippen LogP contribution in [0.5, 0.6) is 0 Å². The van der Waals surface area contributed by atoms with Gasteiger partial charge in [-0.1, -0.05) is 6.92 Å². The van der Waals surface area contributed by atoms with Gasteiger partial charge in [-0.3, -0.25) is 28.8 Å². The lowest BCUT2D eigenvalue weighted by Gasteiger charge is -2.51. The van der Waals surface area contributed by atoms with Crippen molar-refractivity contribution in [3.05, 3.63) is 0 Å². The number of hydrogen-bond donors (Lipinski definition) is 6. The van der Waals surface area contributed by atoms with Crippen molar-refractivity contribution in [2.75, 3.05) is 13.1 Å². The van der Waals surface area contributed by atoms with Crippen LogP contribution in [0.2, 0.25) is 0 Å². The lowest BCUT2D eigenvalue weighted by atomic mass is 9.82. The first kappa shape index (κ1) is 75.8. The molecule has 0 spiro atoms. The van der Waals surface area contributed by atoms with Gasteiger partial charge in [-0.25, -0.2) is 19.2 Å². The van der Waals surface area contributed by atoms with Crippen LogP contribution in [0.25, 0.3) is 0 Å². The van der Waals surface area contributed by atoms with E-state index in [9.17, 15) is 47.9 Å². The summed E-state index contributed by atoms with van der Waals surface area (Å²) >= 11 is 0. The molecule has 3 rings (SSSR count). The van der Waals surface area contributed by atoms with Gasteiger partial charge >= 0.3 is 54.2 Å². The Morgan fingerprint density at radius 3 is 1.34 bits per heavy atom. The molecule has 5 amide bonds. The van der Waals surface area contributed by atoms with E-state index in [-0.39, 0.29) is 43.9 Å². The Hall–Kier alpha value is -6.30. The molecular formula is C57H98N6O23. The van der Waals surface area contributed by atoms with Crippen LogP contribution < -0.4 is 32.3 Å². The second-order valence-electron chi connectivity index (χ2n) is 25.9. The van der Waals surface area contributed by atoms with Crippen molar-refractivity contribution in [3.63, 3.8) is 0 Å². The zero-order chi connectivity index (χ0) is 66.0. The molecule has 0 radical (unpaired) electrons. The van der Waals surface area contributed by atoms with E-state index in [2.05, 4.69) is 26.6 Å². The zero-order valence-electron chi connectivity index (χ0n) is 54.0. The van der Waals surface area contributed by atoms with E-state index in [0.717, 1.165) is 27.7 Å². The maximum absolute atomic E-state index is 14.7. The maximum Gasteiger partial charge on any atom is 0.408 e. The highest BCUT2D eigenvalue weighted by atomic mass is 16.7. The molecule has 3 fully saturated rings. The van der Waals surface area contributed by atoms with Crippen LogP contribution in [0, 0.1) is 0 Å². The molecule has 2 saturated heterocycles. The Morgan fingerprint density at radius 2 is 0.907 bits per heavy atom. The van der Waals surface area contributed by atoms with E-state index in [4.69, 9.17) is 67.3 Å². The Morgan fingerprint density at radius 1 is 0.477 bits per heavy atom. The van der Waals surface area contributed by atoms with E-state index >= 15 is 0 Å². The number of carbonyl (C=O) groups excluding carboxylic acids is 10. The summed E-state index contributed by atoms with van der Waals surface area (Å²) in [7, 11) is 0. The highest BCUT2D eigenvalue weighted by Gasteiger charge is 2.57. The van der Waals surface area contributed by atoms with Crippen molar-refractivity contribution < 1.29 is 110 Å². The summed E-state index contributed by atoms with van der Waals surface area (Å²) in [6.45, 7) is 32.3. The number of ether oxygens (including phenoxy) is 13. The van der Waals surface area contributed by atoms with Crippen LogP contribution in [0.4, 0.5) is 19.2 Å². The second kappa shape index (κ2) is 32.6. The highest BCUT2D eigenvalue weighted by molar-refractivity contribution is 5.84. The molecule has 494 valence electrons. The van der Waals surface area contributed by atoms with E-state index < -0.39 is 169 Å². The average Bonchev–Trinajstić information content (AvgIpc) is 2.22. The second-order valence-corrected chi connectivity index (χ2v) is 25.9. The summed E-state index contributed by atoms with van der Waals surface area (Å²) in [5, 5.41) is 13.5. The fourth-order valence-corrected chi connectivity index (χ4v) is 9.05. The Balaban J connectivity index is 0.00000293. The average molecular weight is 1240 g/mol. The van der Waals surface area contributed by atoms with Crippen LogP contribution in [0.15, 0.2) is 0 Å². The highest BCUT2D eigenvalue weighted by Crippen LogP contribution is 2.37. The third kappa shape index (κ3) is 28.9. The zero-order valence-corrected chi connectivity index (χ0v) is 54.0. The van der Waals surface area contributed by atoms with Gasteiger partial charge in [0, 0.05) is 54.1 Å². The quantitative estimate of drug-likeness (QED) is 0.0784. The monoisotopic (exact) mass is 1230 g/mol. The lowest BCUT2D eigenvalue weighted by Crippen LogP contribution is -2.71. The summed E-state index contributed by atoms with van der Waals surface area (Å²) in [4.78, 5) is 130. The third-order valence-corrected chi connectivity index (χ3v) is 11.7. The van der Waals surface area contributed by atoms with Gasteiger partial charge in [0.2, 0.25) is 0 Å². The minimum absolute atomic E-state index is 0.00919. The first-order chi connectivity index (χ1) is 39.3. The molecule has 0 aromatic carbocycles. The molecule has 7 N–H and O–H groups in total. The summed E-state index contributed by atoms with van der Waals surface area (Å²) in [6, 6.07) is -5.22. The van der Waals surface area contributed by atoms with Crippen LogP contribution in [-0.4, -0.2) is 187 Å². The number of nitrogens with two attached hydrogens (primary N) is 1. The van der Waals surface area contributed by atoms with Crippen molar-refractivity contribution >= 4 is 60.1 Å². The van der Waals surface area contributed by atoms with Gasteiger partial charge in [0.15, 0.2) is 37.0 Å². The van der Waals surface area contributed by atoms with Crippen LogP contribution in [-0.2, 0) is 90.3 Å². The van der Waals surface area contributed by atoms with Crippen LogP contribution >= 0.6 is 0 Å². The first-order valence-electron chi connectivity index (χ1n) is 28.7. The Bertz CT molecular complexity index is 2300. The standard InChI is InChI=1S/C51H86N6O21.C6H12O2/c1-18-33-38(68-26(3)59)35(57-47(66)78-51(15,16)17)39(69-27(4)60)43(72-33)74-36-31(54-41(62)34(67-25(2)58)21-22-53-44(63)75-48(6,7)8)23-32(56-46(65)77-50(12,13)14)37(40(36)70-28(5)61)73-42-30(20-19-29(24-52)71-42)55-45(64)76-49(9,10)11;1-5(7)8-6(2,3)4/h29-40,42-43H,18-24,52H2,1-17H3,(H,53,63)(H,54,62)(H,55,64)(H,56,65)(H,57,66);1-4H3/t29?,30?,31-,32-,33?,34+,35+,36+,37?,38+,39?,40?,42-,43-;/m1./s1. The first-order valence-corrected chi connectivity index (χ1v) is 28.7. The van der Waals surface area contributed by atoms with Crippen molar-refractivity contribution in [1.82, 2.24) is 26.6 Å². The van der Waals surface area contributed by atoms with Gasteiger partial charge in [-0.15, -0.1) is 0 Å². The van der Waals surface area contributed by atoms with E-state index in [0.29, 0.717) is 6.42 Å².